The van der Waals surface area contributed by atoms with E-state index in [2.05, 4.69) is 30.3 Å². The topological polar surface area (TPSA) is 40.5 Å². The quantitative estimate of drug-likeness (QED) is 0.245. The summed E-state index contributed by atoms with van der Waals surface area (Å²) in [5.74, 6) is 0.957. The van der Waals surface area contributed by atoms with Crippen molar-refractivity contribution >= 4 is 29.4 Å². The Hall–Kier alpha value is -3.35. The molecule has 0 aliphatic carbocycles. The van der Waals surface area contributed by atoms with Crippen molar-refractivity contribution < 1.29 is 14.3 Å². The SMILES string of the molecule is COc1ccccc1C(C)C(=O)n1cc2c(c1)C(Sc1ccccc1)(Sc1ccccc1)C=CO2. The second-order valence-electron chi connectivity index (χ2n) is 8.16. The normalized spacial score (nSPS) is 14.6. The van der Waals surface area contributed by atoms with E-state index in [9.17, 15) is 4.79 Å². The number of nitrogens with zero attached hydrogens (tertiary/aromatic N) is 1. The Labute approximate surface area is 214 Å². The number of para-hydroxylation sites is 1. The predicted octanol–water partition coefficient (Wildman–Crippen LogP) is 7.58. The second-order valence-corrected chi connectivity index (χ2v) is 11.1. The molecular formula is C29H25NO3S2. The fourth-order valence-electron chi connectivity index (χ4n) is 4.11. The van der Waals surface area contributed by atoms with Crippen LogP contribution in [-0.2, 0) is 4.08 Å². The van der Waals surface area contributed by atoms with Crippen molar-refractivity contribution in [1.82, 2.24) is 4.57 Å². The highest BCUT2D eigenvalue weighted by atomic mass is 32.2. The lowest BCUT2D eigenvalue weighted by Crippen LogP contribution is -2.19. The molecule has 0 amide bonds. The first-order chi connectivity index (χ1) is 17.1. The molecular weight excluding hydrogens is 474 g/mol. The van der Waals surface area contributed by atoms with Gasteiger partial charge in [0.15, 0.2) is 0 Å². The Balaban J connectivity index is 1.54. The Morgan fingerprint density at radius 1 is 0.886 bits per heavy atom. The Morgan fingerprint density at radius 2 is 1.49 bits per heavy atom. The van der Waals surface area contributed by atoms with Crippen LogP contribution in [0.5, 0.6) is 11.5 Å². The molecule has 4 nitrogen and oxygen atoms in total. The smallest absolute Gasteiger partial charge is 0.238 e. The fourth-order valence-corrected chi connectivity index (χ4v) is 6.92. The highest BCUT2D eigenvalue weighted by Gasteiger charge is 2.39. The fraction of sp³-hybridized carbons (Fsp3) is 0.138. The monoisotopic (exact) mass is 499 g/mol. The minimum absolute atomic E-state index is 0.0455. The molecule has 0 fully saturated rings. The van der Waals surface area contributed by atoms with Gasteiger partial charge in [-0.1, -0.05) is 78.1 Å². The lowest BCUT2D eigenvalue weighted by Gasteiger charge is -2.32. The van der Waals surface area contributed by atoms with Crippen LogP contribution in [0.2, 0.25) is 0 Å². The molecule has 0 radical (unpaired) electrons. The standard InChI is InChI=1S/C29H25NO3S2/c1-21(24-15-9-10-16-26(24)32-2)28(31)30-19-25-27(20-30)33-18-17-29(25,34-22-11-5-3-6-12-22)35-23-13-7-4-8-14-23/h3-21H,1-2H3. The van der Waals surface area contributed by atoms with E-state index in [0.717, 1.165) is 20.9 Å². The number of ether oxygens (including phenoxy) is 2. The molecule has 3 aromatic carbocycles. The van der Waals surface area contributed by atoms with Gasteiger partial charge in [-0.25, -0.2) is 0 Å². The van der Waals surface area contributed by atoms with Crippen LogP contribution in [0, 0.1) is 0 Å². The summed E-state index contributed by atoms with van der Waals surface area (Å²) in [7, 11) is 1.62. The summed E-state index contributed by atoms with van der Waals surface area (Å²) >= 11 is 3.47. The summed E-state index contributed by atoms with van der Waals surface area (Å²) in [6.45, 7) is 1.91. The molecule has 1 aliphatic heterocycles. The molecule has 0 spiro atoms. The van der Waals surface area contributed by atoms with E-state index in [1.807, 2.05) is 73.8 Å². The Bertz CT molecular complexity index is 1310. The molecule has 4 aromatic rings. The minimum atomic E-state index is -0.504. The van der Waals surface area contributed by atoms with Crippen LogP contribution in [0.1, 0.15) is 28.8 Å². The van der Waals surface area contributed by atoms with Crippen LogP contribution in [0.15, 0.2) is 119 Å². The van der Waals surface area contributed by atoms with Crippen molar-refractivity contribution in [3.63, 3.8) is 0 Å². The molecule has 0 saturated carbocycles. The molecule has 5 rings (SSSR count). The van der Waals surface area contributed by atoms with Crippen LogP contribution in [-0.4, -0.2) is 17.6 Å². The van der Waals surface area contributed by atoms with Crippen molar-refractivity contribution in [2.45, 2.75) is 26.7 Å². The molecule has 1 atom stereocenters. The molecule has 6 heteroatoms. The van der Waals surface area contributed by atoms with Crippen LogP contribution in [0.3, 0.4) is 0 Å². The van der Waals surface area contributed by atoms with Crippen molar-refractivity contribution in [3.05, 3.63) is 121 Å². The lowest BCUT2D eigenvalue weighted by atomic mass is 9.99. The maximum atomic E-state index is 13.6. The van der Waals surface area contributed by atoms with Gasteiger partial charge in [-0.2, -0.15) is 0 Å². The summed E-state index contributed by atoms with van der Waals surface area (Å²) in [4.78, 5) is 15.8. The van der Waals surface area contributed by atoms with Gasteiger partial charge < -0.3 is 9.47 Å². The highest BCUT2D eigenvalue weighted by Crippen LogP contribution is 2.57. The molecule has 1 unspecified atom stereocenters. The van der Waals surface area contributed by atoms with Crippen LogP contribution in [0.25, 0.3) is 0 Å². The van der Waals surface area contributed by atoms with E-state index in [0.29, 0.717) is 11.5 Å². The molecule has 2 heterocycles. The third kappa shape index (κ3) is 4.77. The maximum Gasteiger partial charge on any atom is 0.238 e. The number of methoxy groups -OCH3 is 1. The zero-order valence-corrected chi connectivity index (χ0v) is 21.1. The van der Waals surface area contributed by atoms with Crippen LogP contribution in [0.4, 0.5) is 0 Å². The average Bonchev–Trinajstić information content (AvgIpc) is 3.35. The Kier molecular flexibility index (Phi) is 6.75. The average molecular weight is 500 g/mol. The summed E-state index contributed by atoms with van der Waals surface area (Å²) < 4.78 is 12.6. The van der Waals surface area contributed by atoms with Crippen LogP contribution >= 0.6 is 23.5 Å². The van der Waals surface area contributed by atoms with Gasteiger partial charge in [0, 0.05) is 27.1 Å². The van der Waals surface area contributed by atoms with E-state index in [-0.39, 0.29) is 11.8 Å². The Morgan fingerprint density at radius 3 is 2.11 bits per heavy atom. The van der Waals surface area contributed by atoms with E-state index < -0.39 is 4.08 Å². The van der Waals surface area contributed by atoms with Gasteiger partial charge in [0.1, 0.15) is 15.6 Å². The molecule has 1 aliphatic rings. The van der Waals surface area contributed by atoms with E-state index in [4.69, 9.17) is 9.47 Å². The van der Waals surface area contributed by atoms with Gasteiger partial charge in [-0.05, 0) is 43.3 Å². The second kappa shape index (κ2) is 10.1. The van der Waals surface area contributed by atoms with E-state index in [1.54, 1.807) is 47.7 Å². The van der Waals surface area contributed by atoms with Gasteiger partial charge in [0.25, 0.3) is 0 Å². The van der Waals surface area contributed by atoms with Crippen molar-refractivity contribution in [3.8, 4) is 11.5 Å². The van der Waals surface area contributed by atoms with Gasteiger partial charge >= 0.3 is 0 Å². The van der Waals surface area contributed by atoms with Gasteiger partial charge in [0.2, 0.25) is 5.91 Å². The molecule has 35 heavy (non-hydrogen) atoms. The largest absolute Gasteiger partial charge is 0.496 e. The molecule has 176 valence electrons. The van der Waals surface area contributed by atoms with Crippen LogP contribution < -0.4 is 9.47 Å². The molecule has 0 saturated heterocycles. The predicted molar refractivity (Wildman–Crippen MR) is 143 cm³/mol. The first-order valence-corrected chi connectivity index (χ1v) is 12.9. The lowest BCUT2D eigenvalue weighted by molar-refractivity contribution is 0.0883. The van der Waals surface area contributed by atoms with Gasteiger partial charge in [0.05, 0.1) is 25.5 Å². The number of thioether (sulfide) groups is 2. The van der Waals surface area contributed by atoms with Crippen molar-refractivity contribution in [2.75, 3.05) is 7.11 Å². The number of aromatic nitrogens is 1. The molecule has 0 bridgehead atoms. The molecule has 1 aromatic heterocycles. The molecule has 0 N–H and O–H groups in total. The minimum Gasteiger partial charge on any atom is -0.496 e. The number of benzene rings is 3. The summed E-state index contributed by atoms with van der Waals surface area (Å²) in [6, 6.07) is 28.2. The van der Waals surface area contributed by atoms with E-state index >= 15 is 0 Å². The summed E-state index contributed by atoms with van der Waals surface area (Å²) in [5.41, 5.74) is 1.80. The number of hydrogen-bond donors (Lipinski definition) is 0. The summed E-state index contributed by atoms with van der Waals surface area (Å²) in [5, 5.41) is 0. The number of fused-ring (bicyclic) bond motifs is 1. The van der Waals surface area contributed by atoms with Crippen molar-refractivity contribution in [2.24, 2.45) is 0 Å². The third-order valence-electron chi connectivity index (χ3n) is 5.90. The van der Waals surface area contributed by atoms with E-state index in [1.165, 1.54) is 0 Å². The first kappa shape index (κ1) is 23.4. The summed E-state index contributed by atoms with van der Waals surface area (Å²) in [6.07, 6.45) is 7.51. The van der Waals surface area contributed by atoms with Gasteiger partial charge in [-0.3, -0.25) is 9.36 Å². The van der Waals surface area contributed by atoms with Gasteiger partial charge in [-0.15, -0.1) is 0 Å². The maximum absolute atomic E-state index is 13.6. The first-order valence-electron chi connectivity index (χ1n) is 11.3. The highest BCUT2D eigenvalue weighted by molar-refractivity contribution is 8.17. The van der Waals surface area contributed by atoms with Crippen molar-refractivity contribution in [1.29, 1.82) is 0 Å². The number of carbonyl (C=O) groups is 1. The third-order valence-corrected chi connectivity index (χ3v) is 8.74. The zero-order chi connectivity index (χ0) is 24.3. The number of rotatable bonds is 7. The number of carbonyl (C=O) groups excluding carboxylic acids is 1. The number of hydrogen-bond acceptors (Lipinski definition) is 5. The zero-order valence-electron chi connectivity index (χ0n) is 19.5.